The minimum atomic E-state index is -2.92. The largest absolute Gasteiger partial charge is 0.444 e. The molecule has 0 aliphatic carbocycles. The van der Waals surface area contributed by atoms with Gasteiger partial charge in [0, 0.05) is 6.42 Å². The molecule has 0 spiro atoms. The minimum Gasteiger partial charge on any atom is -0.444 e. The van der Waals surface area contributed by atoms with Gasteiger partial charge in [0.25, 0.3) is 5.92 Å². The van der Waals surface area contributed by atoms with Crippen LogP contribution in [0, 0.1) is 12.3 Å². The fourth-order valence-corrected chi connectivity index (χ4v) is 1.48. The van der Waals surface area contributed by atoms with Gasteiger partial charge < -0.3 is 4.74 Å². The number of terminal acetylenes is 1. The number of nitrogens with zero attached hydrogens (tertiary/aromatic N) is 1. The van der Waals surface area contributed by atoms with E-state index in [0.717, 1.165) is 4.90 Å². The molecular formula is C11H15F2NO2. The molecule has 0 radical (unpaired) electrons. The lowest BCUT2D eigenvalue weighted by molar-refractivity contribution is -0.00213. The molecule has 1 fully saturated rings. The molecule has 0 N–H and O–H groups in total. The standard InChI is InChI=1S/C11H15F2NO2/c1-5-8-6-11(12,13)7-14(8)9(15)16-10(2,3)4/h1,8H,6-7H2,2-4H3/t8-/m0/s1. The SMILES string of the molecule is C#C[C@H]1CC(F)(F)CN1C(=O)OC(C)(C)C. The van der Waals surface area contributed by atoms with Crippen LogP contribution >= 0.6 is 0 Å². The number of rotatable bonds is 0. The maximum atomic E-state index is 13.1. The molecule has 1 aliphatic heterocycles. The molecule has 3 nitrogen and oxygen atoms in total. The van der Waals surface area contributed by atoms with Crippen LogP contribution in [0.2, 0.25) is 0 Å². The molecule has 1 aliphatic rings. The van der Waals surface area contributed by atoms with Crippen LogP contribution in [0.25, 0.3) is 0 Å². The van der Waals surface area contributed by atoms with E-state index in [4.69, 9.17) is 11.2 Å². The Balaban J connectivity index is 2.74. The van der Waals surface area contributed by atoms with Crippen molar-refractivity contribution >= 4 is 6.09 Å². The first-order valence-corrected chi connectivity index (χ1v) is 4.98. The van der Waals surface area contributed by atoms with E-state index in [1.165, 1.54) is 0 Å². The van der Waals surface area contributed by atoms with Gasteiger partial charge in [-0.1, -0.05) is 5.92 Å². The molecule has 90 valence electrons. The van der Waals surface area contributed by atoms with Crippen molar-refractivity contribution in [3.8, 4) is 12.3 Å². The van der Waals surface area contributed by atoms with Crippen molar-refractivity contribution in [3.63, 3.8) is 0 Å². The highest BCUT2D eigenvalue weighted by Crippen LogP contribution is 2.32. The van der Waals surface area contributed by atoms with Crippen LogP contribution in [0.3, 0.4) is 0 Å². The normalized spacial score (nSPS) is 24.0. The van der Waals surface area contributed by atoms with Gasteiger partial charge in [-0.05, 0) is 20.8 Å². The molecule has 1 heterocycles. The van der Waals surface area contributed by atoms with Crippen LogP contribution in [0.1, 0.15) is 27.2 Å². The number of alkyl halides is 2. The summed E-state index contributed by atoms with van der Waals surface area (Å²) in [5.41, 5.74) is -0.714. The van der Waals surface area contributed by atoms with Gasteiger partial charge in [0.2, 0.25) is 0 Å². The van der Waals surface area contributed by atoms with Crippen molar-refractivity contribution in [2.75, 3.05) is 6.54 Å². The van der Waals surface area contributed by atoms with Crippen LogP contribution in [0.15, 0.2) is 0 Å². The van der Waals surface area contributed by atoms with Crippen LogP contribution in [0.4, 0.5) is 13.6 Å². The number of carbonyl (C=O) groups excluding carboxylic acids is 1. The van der Waals surface area contributed by atoms with Crippen molar-refractivity contribution in [1.29, 1.82) is 0 Å². The first-order chi connectivity index (χ1) is 7.14. The molecule has 0 aromatic heterocycles. The maximum absolute atomic E-state index is 13.1. The fraction of sp³-hybridized carbons (Fsp3) is 0.727. The Morgan fingerprint density at radius 3 is 2.56 bits per heavy atom. The Kier molecular flexibility index (Phi) is 3.13. The fourth-order valence-electron chi connectivity index (χ4n) is 1.48. The lowest BCUT2D eigenvalue weighted by Crippen LogP contribution is -2.40. The topological polar surface area (TPSA) is 29.5 Å². The average molecular weight is 231 g/mol. The summed E-state index contributed by atoms with van der Waals surface area (Å²) in [5.74, 6) is -0.741. The van der Waals surface area contributed by atoms with E-state index < -0.39 is 36.6 Å². The summed E-state index contributed by atoms with van der Waals surface area (Å²) in [6.45, 7) is 4.34. The molecule has 0 aromatic carbocycles. The molecule has 1 atom stereocenters. The van der Waals surface area contributed by atoms with Gasteiger partial charge in [0.1, 0.15) is 11.6 Å². The molecular weight excluding hydrogens is 216 g/mol. The molecule has 1 saturated heterocycles. The average Bonchev–Trinajstić information content (AvgIpc) is 2.38. The Morgan fingerprint density at radius 1 is 1.56 bits per heavy atom. The molecule has 16 heavy (non-hydrogen) atoms. The lowest BCUT2D eigenvalue weighted by atomic mass is 10.2. The van der Waals surface area contributed by atoms with Crippen LogP contribution in [-0.2, 0) is 4.74 Å². The van der Waals surface area contributed by atoms with Gasteiger partial charge in [-0.25, -0.2) is 13.6 Å². The zero-order valence-electron chi connectivity index (χ0n) is 9.59. The van der Waals surface area contributed by atoms with Crippen molar-refractivity contribution in [2.24, 2.45) is 0 Å². The van der Waals surface area contributed by atoms with E-state index in [-0.39, 0.29) is 0 Å². The Hall–Kier alpha value is -1.31. The van der Waals surface area contributed by atoms with Crippen molar-refractivity contribution in [1.82, 2.24) is 4.90 Å². The highest BCUT2D eigenvalue weighted by Gasteiger charge is 2.47. The first-order valence-electron chi connectivity index (χ1n) is 4.98. The summed E-state index contributed by atoms with van der Waals surface area (Å²) >= 11 is 0. The summed E-state index contributed by atoms with van der Waals surface area (Å²) in [6.07, 6.45) is 3.83. The van der Waals surface area contributed by atoms with Gasteiger partial charge >= 0.3 is 6.09 Å². The number of amides is 1. The number of hydrogen-bond donors (Lipinski definition) is 0. The zero-order chi connectivity index (χ0) is 12.6. The zero-order valence-corrected chi connectivity index (χ0v) is 9.59. The highest BCUT2D eigenvalue weighted by molar-refractivity contribution is 5.69. The van der Waals surface area contributed by atoms with Gasteiger partial charge in [0.05, 0.1) is 6.54 Å². The van der Waals surface area contributed by atoms with E-state index >= 15 is 0 Å². The molecule has 5 heteroatoms. The van der Waals surface area contributed by atoms with Crippen LogP contribution < -0.4 is 0 Å². The van der Waals surface area contributed by atoms with Crippen molar-refractivity contribution < 1.29 is 18.3 Å². The molecule has 0 saturated carbocycles. The third kappa shape index (κ3) is 3.09. The van der Waals surface area contributed by atoms with E-state index in [9.17, 15) is 13.6 Å². The summed E-state index contributed by atoms with van der Waals surface area (Å²) in [4.78, 5) is 12.5. The summed E-state index contributed by atoms with van der Waals surface area (Å²) in [7, 11) is 0. The Bertz CT molecular complexity index is 328. The van der Waals surface area contributed by atoms with Crippen molar-refractivity contribution in [3.05, 3.63) is 0 Å². The summed E-state index contributed by atoms with van der Waals surface area (Å²) < 4.78 is 31.2. The molecule has 0 unspecified atom stereocenters. The second-order valence-corrected chi connectivity index (χ2v) is 4.85. The Morgan fingerprint density at radius 2 is 2.12 bits per heavy atom. The summed E-state index contributed by atoms with van der Waals surface area (Å²) in [6, 6.07) is -0.884. The molecule has 1 amide bonds. The Labute approximate surface area is 93.7 Å². The number of hydrogen-bond acceptors (Lipinski definition) is 2. The van der Waals surface area contributed by atoms with E-state index in [1.54, 1.807) is 20.8 Å². The van der Waals surface area contributed by atoms with E-state index in [1.807, 2.05) is 0 Å². The predicted octanol–water partition coefficient (Wildman–Crippen LogP) is 2.26. The molecule has 1 rings (SSSR count). The maximum Gasteiger partial charge on any atom is 0.411 e. The number of halogens is 2. The van der Waals surface area contributed by atoms with Crippen molar-refractivity contribution in [2.45, 2.75) is 44.8 Å². The van der Waals surface area contributed by atoms with Gasteiger partial charge in [-0.15, -0.1) is 6.42 Å². The second-order valence-electron chi connectivity index (χ2n) is 4.85. The number of ether oxygens (including phenoxy) is 1. The number of carbonyl (C=O) groups is 1. The lowest BCUT2D eigenvalue weighted by Gasteiger charge is -2.26. The van der Waals surface area contributed by atoms with Crippen LogP contribution in [0.5, 0.6) is 0 Å². The number of likely N-dealkylation sites (tertiary alicyclic amines) is 1. The minimum absolute atomic E-state index is 0.497. The quantitative estimate of drug-likeness (QED) is 0.598. The van der Waals surface area contributed by atoms with E-state index in [2.05, 4.69) is 5.92 Å². The van der Waals surface area contributed by atoms with Gasteiger partial charge in [-0.2, -0.15) is 0 Å². The highest BCUT2D eigenvalue weighted by atomic mass is 19.3. The van der Waals surface area contributed by atoms with Gasteiger partial charge in [-0.3, -0.25) is 4.90 Å². The molecule has 0 aromatic rings. The molecule has 0 bridgehead atoms. The third-order valence-electron chi connectivity index (χ3n) is 2.09. The monoisotopic (exact) mass is 231 g/mol. The smallest absolute Gasteiger partial charge is 0.411 e. The first kappa shape index (κ1) is 12.8. The van der Waals surface area contributed by atoms with E-state index in [0.29, 0.717) is 0 Å². The third-order valence-corrected chi connectivity index (χ3v) is 2.09. The van der Waals surface area contributed by atoms with Crippen LogP contribution in [-0.4, -0.2) is 35.1 Å². The second kappa shape index (κ2) is 3.93. The predicted molar refractivity (Wildman–Crippen MR) is 55.1 cm³/mol. The summed E-state index contributed by atoms with van der Waals surface area (Å²) in [5, 5.41) is 0. The van der Waals surface area contributed by atoms with Gasteiger partial charge in [0.15, 0.2) is 0 Å².